The first kappa shape index (κ1) is 17.2. The second kappa shape index (κ2) is 7.96. The van der Waals surface area contributed by atoms with Gasteiger partial charge in [0.25, 0.3) is 0 Å². The van der Waals surface area contributed by atoms with Crippen molar-refractivity contribution in [2.45, 2.75) is 0 Å². The Bertz CT molecular complexity index is 870. The van der Waals surface area contributed by atoms with Crippen LogP contribution in [0.15, 0.2) is 72.8 Å². The van der Waals surface area contributed by atoms with Crippen LogP contribution in [0.5, 0.6) is 0 Å². The highest BCUT2D eigenvalue weighted by Crippen LogP contribution is 2.21. The maximum absolute atomic E-state index is 13.2. The van der Waals surface area contributed by atoms with Gasteiger partial charge < -0.3 is 16.0 Å². The van der Waals surface area contributed by atoms with E-state index in [0.717, 1.165) is 17.1 Å². The fraction of sp³-hybridized carbons (Fsp3) is 0. The minimum absolute atomic E-state index is 0.0455. The number of para-hydroxylation sites is 1. The summed E-state index contributed by atoms with van der Waals surface area (Å²) in [4.78, 5) is 0. The molecular formula is C19H15ClFN3S. The largest absolute Gasteiger partial charge is 0.356 e. The van der Waals surface area contributed by atoms with E-state index in [9.17, 15) is 4.39 Å². The predicted octanol–water partition coefficient (Wildman–Crippen LogP) is 6.03. The Balaban J connectivity index is 1.59. The van der Waals surface area contributed by atoms with Crippen LogP contribution in [0.3, 0.4) is 0 Å². The Morgan fingerprint density at radius 2 is 1.32 bits per heavy atom. The van der Waals surface area contributed by atoms with Crippen molar-refractivity contribution in [1.29, 1.82) is 0 Å². The lowest BCUT2D eigenvalue weighted by Crippen LogP contribution is -2.19. The summed E-state index contributed by atoms with van der Waals surface area (Å²) in [5.41, 5.74) is 3.45. The maximum atomic E-state index is 13.2. The van der Waals surface area contributed by atoms with Crippen molar-refractivity contribution < 1.29 is 4.39 Å². The number of hydrogen-bond acceptors (Lipinski definition) is 2. The average Bonchev–Trinajstić information content (AvgIpc) is 2.61. The molecule has 0 bridgehead atoms. The van der Waals surface area contributed by atoms with Crippen LogP contribution in [-0.4, -0.2) is 5.11 Å². The molecule has 0 aliphatic heterocycles. The van der Waals surface area contributed by atoms with Gasteiger partial charge in [0.1, 0.15) is 5.82 Å². The summed E-state index contributed by atoms with van der Waals surface area (Å²) in [6, 6.07) is 22.0. The second-order valence-corrected chi connectivity index (χ2v) is 6.09. The van der Waals surface area contributed by atoms with Crippen molar-refractivity contribution >= 4 is 51.7 Å². The highest BCUT2D eigenvalue weighted by molar-refractivity contribution is 7.80. The fourth-order valence-electron chi connectivity index (χ4n) is 2.19. The lowest BCUT2D eigenvalue weighted by atomic mass is 10.2. The summed E-state index contributed by atoms with van der Waals surface area (Å²) in [6.45, 7) is 0. The quantitative estimate of drug-likeness (QED) is 0.489. The average molecular weight is 372 g/mol. The van der Waals surface area contributed by atoms with Crippen LogP contribution in [-0.2, 0) is 0 Å². The number of benzene rings is 3. The Morgan fingerprint density at radius 3 is 2.00 bits per heavy atom. The molecule has 3 rings (SSSR count). The molecule has 0 aliphatic rings. The summed E-state index contributed by atoms with van der Waals surface area (Å²) in [5.74, 6) is -0.465. The molecule has 0 saturated carbocycles. The summed E-state index contributed by atoms with van der Waals surface area (Å²) < 4.78 is 13.2. The van der Waals surface area contributed by atoms with Gasteiger partial charge in [0.15, 0.2) is 5.11 Å². The minimum atomic E-state index is -0.465. The molecule has 0 atom stereocenters. The zero-order valence-electron chi connectivity index (χ0n) is 13.1. The van der Waals surface area contributed by atoms with E-state index in [1.165, 1.54) is 12.1 Å². The molecule has 3 N–H and O–H groups in total. The highest BCUT2D eigenvalue weighted by atomic mass is 35.5. The summed E-state index contributed by atoms with van der Waals surface area (Å²) in [5, 5.41) is 9.79. The van der Waals surface area contributed by atoms with Crippen LogP contribution in [0, 0.1) is 5.82 Å². The molecule has 0 aromatic heterocycles. The molecule has 3 aromatic rings. The van der Waals surface area contributed by atoms with Crippen molar-refractivity contribution in [1.82, 2.24) is 0 Å². The van der Waals surface area contributed by atoms with Crippen molar-refractivity contribution in [3.8, 4) is 0 Å². The smallest absolute Gasteiger partial charge is 0.175 e. The number of nitrogens with one attached hydrogen (secondary N) is 3. The van der Waals surface area contributed by atoms with Crippen LogP contribution in [0.25, 0.3) is 0 Å². The first-order valence-electron chi connectivity index (χ1n) is 7.55. The first-order valence-corrected chi connectivity index (χ1v) is 8.34. The van der Waals surface area contributed by atoms with Gasteiger partial charge >= 0.3 is 0 Å². The zero-order chi connectivity index (χ0) is 17.6. The van der Waals surface area contributed by atoms with Crippen LogP contribution >= 0.6 is 23.8 Å². The van der Waals surface area contributed by atoms with Gasteiger partial charge in [0, 0.05) is 22.7 Å². The van der Waals surface area contributed by atoms with Gasteiger partial charge in [0.05, 0.1) is 5.02 Å². The van der Waals surface area contributed by atoms with Gasteiger partial charge in [-0.1, -0.05) is 29.8 Å². The van der Waals surface area contributed by atoms with Crippen LogP contribution in [0.4, 0.5) is 27.1 Å². The molecule has 0 spiro atoms. The van der Waals surface area contributed by atoms with Gasteiger partial charge in [-0.2, -0.15) is 0 Å². The van der Waals surface area contributed by atoms with Gasteiger partial charge in [0.2, 0.25) is 0 Å². The Morgan fingerprint density at radius 1 is 0.760 bits per heavy atom. The van der Waals surface area contributed by atoms with Gasteiger partial charge in [-0.25, -0.2) is 4.39 Å². The minimum Gasteiger partial charge on any atom is -0.356 e. The number of halogens is 2. The van der Waals surface area contributed by atoms with Crippen LogP contribution in [0.1, 0.15) is 0 Å². The van der Waals surface area contributed by atoms with E-state index in [2.05, 4.69) is 16.0 Å². The topological polar surface area (TPSA) is 36.1 Å². The lowest BCUT2D eigenvalue weighted by Gasteiger charge is -2.12. The van der Waals surface area contributed by atoms with Crippen molar-refractivity contribution in [2.75, 3.05) is 16.0 Å². The van der Waals surface area contributed by atoms with E-state index in [4.69, 9.17) is 23.8 Å². The first-order chi connectivity index (χ1) is 12.1. The Labute approximate surface area is 155 Å². The second-order valence-electron chi connectivity index (χ2n) is 5.28. The van der Waals surface area contributed by atoms with E-state index >= 15 is 0 Å². The number of rotatable bonds is 4. The monoisotopic (exact) mass is 371 g/mol. The summed E-state index contributed by atoms with van der Waals surface area (Å²) >= 11 is 11.0. The number of anilines is 4. The Kier molecular flexibility index (Phi) is 5.48. The Hall–Kier alpha value is -2.63. The van der Waals surface area contributed by atoms with Crippen molar-refractivity contribution in [3.05, 3.63) is 83.6 Å². The molecule has 25 heavy (non-hydrogen) atoms. The highest BCUT2D eigenvalue weighted by Gasteiger charge is 2.03. The number of thiocarbonyl (C=S) groups is 1. The SMILES string of the molecule is Fc1ccc(NC(=S)Nc2ccc(Nc3ccccc3)cc2)cc1Cl. The molecule has 3 nitrogen and oxygen atoms in total. The lowest BCUT2D eigenvalue weighted by molar-refractivity contribution is 0.628. The van der Waals surface area contributed by atoms with Crippen molar-refractivity contribution in [2.24, 2.45) is 0 Å². The normalized spacial score (nSPS) is 10.2. The molecule has 0 aliphatic carbocycles. The molecule has 0 fully saturated rings. The molecule has 6 heteroatoms. The third-order valence-electron chi connectivity index (χ3n) is 3.38. The fourth-order valence-corrected chi connectivity index (χ4v) is 2.61. The molecule has 0 amide bonds. The summed E-state index contributed by atoms with van der Waals surface area (Å²) in [7, 11) is 0. The van der Waals surface area contributed by atoms with Crippen LogP contribution < -0.4 is 16.0 Å². The van der Waals surface area contributed by atoms with Gasteiger partial charge in [-0.15, -0.1) is 0 Å². The van der Waals surface area contributed by atoms with E-state index in [1.54, 1.807) is 6.07 Å². The molecular weight excluding hydrogens is 357 g/mol. The predicted molar refractivity (Wildman–Crippen MR) is 107 cm³/mol. The third-order valence-corrected chi connectivity index (χ3v) is 3.88. The standard InChI is InChI=1S/C19H15ClFN3S/c20-17-12-16(10-11-18(17)21)24-19(25)23-15-8-6-14(7-9-15)22-13-4-2-1-3-5-13/h1-12,22H,(H2,23,24,25). The van der Waals surface area contributed by atoms with Gasteiger partial charge in [-0.3, -0.25) is 0 Å². The number of hydrogen-bond donors (Lipinski definition) is 3. The molecule has 0 unspecified atom stereocenters. The maximum Gasteiger partial charge on any atom is 0.175 e. The zero-order valence-corrected chi connectivity index (χ0v) is 14.7. The molecule has 0 saturated heterocycles. The summed E-state index contributed by atoms with van der Waals surface area (Å²) in [6.07, 6.45) is 0. The van der Waals surface area contributed by atoms with Gasteiger partial charge in [-0.05, 0) is 66.8 Å². The molecule has 0 heterocycles. The van der Waals surface area contributed by atoms with Crippen LogP contribution in [0.2, 0.25) is 5.02 Å². The van der Waals surface area contributed by atoms with E-state index in [-0.39, 0.29) is 5.02 Å². The molecule has 126 valence electrons. The van der Waals surface area contributed by atoms with E-state index < -0.39 is 5.82 Å². The molecule has 3 aromatic carbocycles. The van der Waals surface area contributed by atoms with Crippen molar-refractivity contribution in [3.63, 3.8) is 0 Å². The van der Waals surface area contributed by atoms with E-state index in [0.29, 0.717) is 10.8 Å². The molecule has 0 radical (unpaired) electrons. The third kappa shape index (κ3) is 4.92. The van der Waals surface area contributed by atoms with E-state index in [1.807, 2.05) is 54.6 Å².